The van der Waals surface area contributed by atoms with Crippen LogP contribution >= 0.6 is 22.6 Å². The summed E-state index contributed by atoms with van der Waals surface area (Å²) in [6, 6.07) is 7.58. The van der Waals surface area contributed by atoms with Crippen LogP contribution in [0.25, 0.3) is 0 Å². The molecule has 0 unspecified atom stereocenters. The van der Waals surface area contributed by atoms with Gasteiger partial charge in [-0.15, -0.1) is 0 Å². The predicted molar refractivity (Wildman–Crippen MR) is 92.6 cm³/mol. The van der Waals surface area contributed by atoms with Gasteiger partial charge in [-0.2, -0.15) is 0 Å². The fourth-order valence-corrected chi connectivity index (χ4v) is 2.82. The Morgan fingerprint density at radius 2 is 1.86 bits per heavy atom. The van der Waals surface area contributed by atoms with Crippen molar-refractivity contribution in [3.05, 3.63) is 44.3 Å². The molecule has 1 fully saturated rings. The second kappa shape index (κ2) is 6.42. The topological polar surface area (TPSA) is 84.2 Å². The first-order chi connectivity index (χ1) is 10.6. The molecule has 7 nitrogen and oxygen atoms in total. The summed E-state index contributed by atoms with van der Waals surface area (Å²) in [6.45, 7) is 1.58. The third-order valence-electron chi connectivity index (χ3n) is 3.50. The molecule has 0 atom stereocenters. The number of aromatic nitrogens is 2. The first kappa shape index (κ1) is 14.9. The van der Waals surface area contributed by atoms with Gasteiger partial charge >= 0.3 is 5.69 Å². The molecule has 0 amide bonds. The van der Waals surface area contributed by atoms with E-state index in [2.05, 4.69) is 37.9 Å². The quantitative estimate of drug-likeness (QED) is 0.472. The molecule has 1 aromatic carbocycles. The number of nitro groups is 1. The van der Waals surface area contributed by atoms with Crippen LogP contribution in [0.3, 0.4) is 0 Å². The largest absolute Gasteiger partial charge is 0.353 e. The average Bonchev–Trinajstić information content (AvgIpc) is 3.03. The van der Waals surface area contributed by atoms with E-state index in [-0.39, 0.29) is 11.5 Å². The predicted octanol–water partition coefficient (Wildman–Crippen LogP) is 3.33. The SMILES string of the molecule is O=[N+]([O-])c1c(Nc2ccc(I)cc2)ncnc1N1CCCC1. The van der Waals surface area contributed by atoms with E-state index in [9.17, 15) is 10.1 Å². The number of rotatable bonds is 4. The molecular weight excluding hydrogens is 397 g/mol. The second-order valence-corrected chi connectivity index (χ2v) is 6.22. The zero-order valence-corrected chi connectivity index (χ0v) is 13.9. The average molecular weight is 411 g/mol. The Kier molecular flexibility index (Phi) is 4.36. The van der Waals surface area contributed by atoms with Crippen LogP contribution in [0.5, 0.6) is 0 Å². The lowest BCUT2D eigenvalue weighted by atomic mass is 10.3. The summed E-state index contributed by atoms with van der Waals surface area (Å²) < 4.78 is 1.10. The van der Waals surface area contributed by atoms with E-state index < -0.39 is 4.92 Å². The van der Waals surface area contributed by atoms with Crippen molar-refractivity contribution in [2.75, 3.05) is 23.3 Å². The van der Waals surface area contributed by atoms with Crippen LogP contribution in [0.1, 0.15) is 12.8 Å². The number of benzene rings is 1. The van der Waals surface area contributed by atoms with Crippen molar-refractivity contribution in [1.82, 2.24) is 9.97 Å². The summed E-state index contributed by atoms with van der Waals surface area (Å²) in [6.07, 6.45) is 3.43. The van der Waals surface area contributed by atoms with E-state index in [1.165, 1.54) is 6.33 Å². The highest BCUT2D eigenvalue weighted by Gasteiger charge is 2.28. The first-order valence-electron chi connectivity index (χ1n) is 6.92. The maximum atomic E-state index is 11.5. The van der Waals surface area contributed by atoms with Gasteiger partial charge in [0.1, 0.15) is 6.33 Å². The Balaban J connectivity index is 1.97. The highest BCUT2D eigenvalue weighted by atomic mass is 127. The summed E-state index contributed by atoms with van der Waals surface area (Å²) in [7, 11) is 0. The molecule has 22 heavy (non-hydrogen) atoms. The minimum absolute atomic E-state index is 0.0667. The molecule has 3 rings (SSSR count). The smallest absolute Gasteiger partial charge is 0.351 e. The zero-order chi connectivity index (χ0) is 15.5. The van der Waals surface area contributed by atoms with Gasteiger partial charge in [0, 0.05) is 22.3 Å². The van der Waals surface area contributed by atoms with Crippen molar-refractivity contribution in [2.45, 2.75) is 12.8 Å². The molecule has 0 spiro atoms. The van der Waals surface area contributed by atoms with Crippen molar-refractivity contribution in [1.29, 1.82) is 0 Å². The molecule has 0 saturated carbocycles. The summed E-state index contributed by atoms with van der Waals surface area (Å²) in [4.78, 5) is 21.2. The maximum absolute atomic E-state index is 11.5. The van der Waals surface area contributed by atoms with Crippen LogP contribution < -0.4 is 10.2 Å². The molecule has 8 heteroatoms. The van der Waals surface area contributed by atoms with Crippen LogP contribution in [0.15, 0.2) is 30.6 Å². The van der Waals surface area contributed by atoms with Gasteiger partial charge in [0.15, 0.2) is 0 Å². The Morgan fingerprint density at radius 3 is 2.50 bits per heavy atom. The second-order valence-electron chi connectivity index (χ2n) is 4.98. The Hall–Kier alpha value is -1.97. The fourth-order valence-electron chi connectivity index (χ4n) is 2.46. The van der Waals surface area contributed by atoms with Crippen LogP contribution in [0.2, 0.25) is 0 Å². The van der Waals surface area contributed by atoms with E-state index in [1.807, 2.05) is 29.2 Å². The summed E-state index contributed by atoms with van der Waals surface area (Å²) >= 11 is 2.21. The van der Waals surface area contributed by atoms with E-state index >= 15 is 0 Å². The first-order valence-corrected chi connectivity index (χ1v) is 8.00. The normalized spacial score (nSPS) is 14.1. The molecule has 2 heterocycles. The van der Waals surface area contributed by atoms with Crippen molar-refractivity contribution in [2.24, 2.45) is 0 Å². The van der Waals surface area contributed by atoms with Crippen molar-refractivity contribution < 1.29 is 4.92 Å². The van der Waals surface area contributed by atoms with Crippen molar-refractivity contribution >= 4 is 45.6 Å². The molecule has 0 bridgehead atoms. The number of nitrogens with one attached hydrogen (secondary N) is 1. The molecule has 1 aromatic heterocycles. The van der Waals surface area contributed by atoms with E-state index in [0.717, 1.165) is 35.2 Å². The monoisotopic (exact) mass is 411 g/mol. The van der Waals surface area contributed by atoms with Crippen LogP contribution in [0, 0.1) is 13.7 Å². The van der Waals surface area contributed by atoms with Crippen molar-refractivity contribution in [3.8, 4) is 0 Å². The molecule has 1 aliphatic rings. The highest BCUT2D eigenvalue weighted by Crippen LogP contribution is 2.34. The number of hydrogen-bond acceptors (Lipinski definition) is 6. The maximum Gasteiger partial charge on any atom is 0.353 e. The highest BCUT2D eigenvalue weighted by molar-refractivity contribution is 14.1. The Bertz CT molecular complexity index is 686. The van der Waals surface area contributed by atoms with Gasteiger partial charge in [-0.1, -0.05) is 0 Å². The molecule has 1 aliphatic heterocycles. The molecule has 0 aliphatic carbocycles. The van der Waals surface area contributed by atoms with Gasteiger partial charge in [-0.3, -0.25) is 10.1 Å². The van der Waals surface area contributed by atoms with E-state index in [4.69, 9.17) is 0 Å². The van der Waals surface area contributed by atoms with Gasteiger partial charge in [0.05, 0.1) is 4.92 Å². The minimum atomic E-state index is -0.414. The van der Waals surface area contributed by atoms with Gasteiger partial charge < -0.3 is 10.2 Å². The number of halogens is 1. The lowest BCUT2D eigenvalue weighted by Crippen LogP contribution is -2.21. The number of nitrogens with zero attached hydrogens (tertiary/aromatic N) is 4. The van der Waals surface area contributed by atoms with E-state index in [1.54, 1.807) is 0 Å². The summed E-state index contributed by atoms with van der Waals surface area (Å²) in [5.74, 6) is 0.619. The third-order valence-corrected chi connectivity index (χ3v) is 4.22. The third kappa shape index (κ3) is 3.11. The lowest BCUT2D eigenvalue weighted by Gasteiger charge is -2.17. The minimum Gasteiger partial charge on any atom is -0.351 e. The van der Waals surface area contributed by atoms with Gasteiger partial charge in [-0.25, -0.2) is 9.97 Å². The van der Waals surface area contributed by atoms with Crippen LogP contribution in [0.4, 0.5) is 23.0 Å². The number of hydrogen-bond donors (Lipinski definition) is 1. The molecule has 2 aromatic rings. The molecule has 1 saturated heterocycles. The van der Waals surface area contributed by atoms with Crippen LogP contribution in [-0.2, 0) is 0 Å². The lowest BCUT2D eigenvalue weighted by molar-refractivity contribution is -0.383. The molecular formula is C14H14IN5O2. The standard InChI is InChI=1S/C14H14IN5O2/c15-10-3-5-11(6-4-10)18-13-12(20(21)22)14(17-9-16-13)19-7-1-2-8-19/h3-6,9H,1-2,7-8H2,(H,16,17,18). The van der Waals surface area contributed by atoms with E-state index in [0.29, 0.717) is 5.82 Å². The molecule has 114 valence electrons. The van der Waals surface area contributed by atoms with Gasteiger partial charge in [0.25, 0.3) is 0 Å². The molecule has 0 radical (unpaired) electrons. The Morgan fingerprint density at radius 1 is 1.18 bits per heavy atom. The summed E-state index contributed by atoms with van der Waals surface area (Å²) in [5, 5.41) is 14.5. The summed E-state index contributed by atoms with van der Waals surface area (Å²) in [5.41, 5.74) is 0.692. The zero-order valence-electron chi connectivity index (χ0n) is 11.7. The van der Waals surface area contributed by atoms with Gasteiger partial charge in [-0.05, 0) is 59.7 Å². The van der Waals surface area contributed by atoms with Crippen LogP contribution in [-0.4, -0.2) is 28.0 Å². The van der Waals surface area contributed by atoms with Crippen molar-refractivity contribution in [3.63, 3.8) is 0 Å². The fraction of sp³-hybridized carbons (Fsp3) is 0.286. The molecule has 1 N–H and O–H groups in total. The Labute approximate surface area is 141 Å². The van der Waals surface area contributed by atoms with Gasteiger partial charge in [0.2, 0.25) is 11.6 Å². The number of anilines is 3.